The van der Waals surface area contributed by atoms with Crippen LogP contribution in [0, 0.1) is 0 Å². The molecule has 132 valence electrons. The zero-order valence-corrected chi connectivity index (χ0v) is 15.3. The molecule has 2 N–H and O–H groups in total. The van der Waals surface area contributed by atoms with Gasteiger partial charge in [-0.25, -0.2) is 8.42 Å². The summed E-state index contributed by atoms with van der Waals surface area (Å²) in [5, 5.41) is 3.13. The van der Waals surface area contributed by atoms with Crippen molar-refractivity contribution in [2.75, 3.05) is 4.72 Å². The first-order chi connectivity index (χ1) is 11.9. The van der Waals surface area contributed by atoms with E-state index in [4.69, 9.17) is 11.6 Å². The standard InChI is InChI=1S/C18H19ClN2O3S/c1-12(18(22)20-14-10-11-14)13-6-8-15(9-7-13)21-25(23,24)17-5-3-2-4-16(17)19/h2-9,12,14,21H,10-11H2,1H3,(H,20,22)/t12-/m1/s1. The predicted octanol–water partition coefficient (Wildman–Crippen LogP) is 3.52. The third-order valence-corrected chi connectivity index (χ3v) is 5.99. The predicted molar refractivity (Wildman–Crippen MR) is 98.3 cm³/mol. The monoisotopic (exact) mass is 378 g/mol. The van der Waals surface area contributed by atoms with E-state index in [-0.39, 0.29) is 21.7 Å². The number of hydrogen-bond acceptors (Lipinski definition) is 3. The van der Waals surface area contributed by atoms with Crippen LogP contribution in [0.3, 0.4) is 0 Å². The minimum absolute atomic E-state index is 0.00750. The molecule has 0 spiro atoms. The number of nitrogens with one attached hydrogen (secondary N) is 2. The molecule has 25 heavy (non-hydrogen) atoms. The van der Waals surface area contributed by atoms with Gasteiger partial charge in [-0.05, 0) is 49.6 Å². The molecule has 0 heterocycles. The van der Waals surface area contributed by atoms with Gasteiger partial charge in [0.2, 0.25) is 5.91 Å². The van der Waals surface area contributed by atoms with E-state index in [0.717, 1.165) is 18.4 Å². The van der Waals surface area contributed by atoms with Gasteiger partial charge in [-0.15, -0.1) is 0 Å². The smallest absolute Gasteiger partial charge is 0.263 e. The number of anilines is 1. The van der Waals surface area contributed by atoms with Crippen molar-refractivity contribution in [2.24, 2.45) is 0 Å². The molecule has 1 atom stereocenters. The maximum Gasteiger partial charge on any atom is 0.263 e. The third-order valence-electron chi connectivity index (χ3n) is 4.11. The fourth-order valence-corrected chi connectivity index (χ4v) is 4.00. The van der Waals surface area contributed by atoms with E-state index >= 15 is 0 Å². The molecule has 0 aliphatic heterocycles. The molecule has 5 nitrogen and oxygen atoms in total. The highest BCUT2D eigenvalue weighted by molar-refractivity contribution is 7.92. The van der Waals surface area contributed by atoms with Crippen LogP contribution in [-0.4, -0.2) is 20.4 Å². The van der Waals surface area contributed by atoms with E-state index in [2.05, 4.69) is 10.0 Å². The number of sulfonamides is 1. The Morgan fingerprint density at radius 1 is 1.12 bits per heavy atom. The second-order valence-electron chi connectivity index (χ2n) is 6.16. The molecule has 0 bridgehead atoms. The van der Waals surface area contributed by atoms with Crippen LogP contribution in [0.4, 0.5) is 5.69 Å². The number of rotatable bonds is 6. The summed E-state index contributed by atoms with van der Waals surface area (Å²) in [6.07, 6.45) is 2.09. The largest absolute Gasteiger partial charge is 0.353 e. The molecular formula is C18H19ClN2O3S. The first-order valence-corrected chi connectivity index (χ1v) is 9.90. The SMILES string of the molecule is C[C@@H](C(=O)NC1CC1)c1ccc(NS(=O)(=O)c2ccccc2Cl)cc1. The molecule has 0 unspecified atom stereocenters. The molecule has 0 radical (unpaired) electrons. The summed E-state index contributed by atoms with van der Waals surface area (Å²) in [5.74, 6) is -0.290. The van der Waals surface area contributed by atoms with Gasteiger partial charge in [0.1, 0.15) is 4.90 Å². The Kier molecular flexibility index (Phi) is 5.01. The van der Waals surface area contributed by atoms with Gasteiger partial charge in [0.05, 0.1) is 10.9 Å². The van der Waals surface area contributed by atoms with Crippen molar-refractivity contribution in [2.45, 2.75) is 36.6 Å². The maximum atomic E-state index is 12.4. The van der Waals surface area contributed by atoms with Gasteiger partial charge in [0.15, 0.2) is 0 Å². The summed E-state index contributed by atoms with van der Waals surface area (Å²) in [6, 6.07) is 13.4. The number of benzene rings is 2. The van der Waals surface area contributed by atoms with Crippen LogP contribution >= 0.6 is 11.6 Å². The normalized spacial score (nSPS) is 15.4. The molecule has 0 saturated heterocycles. The van der Waals surface area contributed by atoms with Crippen molar-refractivity contribution in [3.63, 3.8) is 0 Å². The lowest BCUT2D eigenvalue weighted by molar-refractivity contribution is -0.122. The Morgan fingerprint density at radius 3 is 2.36 bits per heavy atom. The average Bonchev–Trinajstić information content (AvgIpc) is 3.38. The van der Waals surface area contributed by atoms with E-state index in [1.54, 1.807) is 36.4 Å². The number of hydrogen-bond donors (Lipinski definition) is 2. The molecule has 7 heteroatoms. The highest BCUT2D eigenvalue weighted by atomic mass is 35.5. The van der Waals surface area contributed by atoms with Gasteiger partial charge >= 0.3 is 0 Å². The quantitative estimate of drug-likeness (QED) is 0.807. The Morgan fingerprint density at radius 2 is 1.76 bits per heavy atom. The van der Waals surface area contributed by atoms with Gasteiger partial charge in [0, 0.05) is 11.7 Å². The molecule has 1 aliphatic rings. The summed E-state index contributed by atoms with van der Waals surface area (Å²) in [7, 11) is -3.76. The third kappa shape index (κ3) is 4.32. The first kappa shape index (κ1) is 17.8. The molecular weight excluding hydrogens is 360 g/mol. The summed E-state index contributed by atoms with van der Waals surface area (Å²) in [4.78, 5) is 12.1. The van der Waals surface area contributed by atoms with Gasteiger partial charge in [-0.1, -0.05) is 35.9 Å². The lowest BCUT2D eigenvalue weighted by Crippen LogP contribution is -2.29. The zero-order chi connectivity index (χ0) is 18.0. The van der Waals surface area contributed by atoms with Gasteiger partial charge in [-0.2, -0.15) is 0 Å². The summed E-state index contributed by atoms with van der Waals surface area (Å²) < 4.78 is 27.3. The van der Waals surface area contributed by atoms with E-state index in [9.17, 15) is 13.2 Å². The Hall–Kier alpha value is -2.05. The van der Waals surface area contributed by atoms with E-state index in [1.165, 1.54) is 12.1 Å². The fourth-order valence-electron chi connectivity index (χ4n) is 2.42. The number of carbonyl (C=O) groups is 1. The minimum Gasteiger partial charge on any atom is -0.353 e. The fraction of sp³-hybridized carbons (Fsp3) is 0.278. The average molecular weight is 379 g/mol. The number of amides is 1. The van der Waals surface area contributed by atoms with Crippen molar-refractivity contribution in [3.05, 3.63) is 59.1 Å². The molecule has 1 amide bonds. The Balaban J connectivity index is 1.72. The second-order valence-corrected chi connectivity index (χ2v) is 8.22. The highest BCUT2D eigenvalue weighted by Gasteiger charge is 2.26. The number of halogens is 1. The van der Waals surface area contributed by atoms with Crippen LogP contribution in [0.1, 0.15) is 31.2 Å². The molecule has 0 aromatic heterocycles. The van der Waals surface area contributed by atoms with Gasteiger partial charge < -0.3 is 5.32 Å². The Bertz CT molecular complexity index is 877. The second kappa shape index (κ2) is 7.06. The van der Waals surface area contributed by atoms with Crippen LogP contribution in [0.15, 0.2) is 53.4 Å². The van der Waals surface area contributed by atoms with Crippen LogP contribution in [-0.2, 0) is 14.8 Å². The van der Waals surface area contributed by atoms with Crippen LogP contribution in [0.25, 0.3) is 0 Å². The molecule has 2 aromatic carbocycles. The van der Waals surface area contributed by atoms with E-state index in [0.29, 0.717) is 11.7 Å². The minimum atomic E-state index is -3.76. The summed E-state index contributed by atoms with van der Waals surface area (Å²) in [6.45, 7) is 1.83. The van der Waals surface area contributed by atoms with Crippen molar-refractivity contribution in [3.8, 4) is 0 Å². The Labute approximate surface area is 152 Å². The van der Waals surface area contributed by atoms with Crippen LogP contribution in [0.5, 0.6) is 0 Å². The first-order valence-electron chi connectivity index (χ1n) is 8.04. The lowest BCUT2D eigenvalue weighted by Gasteiger charge is -2.14. The number of carbonyl (C=O) groups excluding carboxylic acids is 1. The summed E-state index contributed by atoms with van der Waals surface area (Å²) in [5.41, 5.74) is 1.25. The van der Waals surface area contributed by atoms with Crippen molar-refractivity contribution >= 4 is 33.2 Å². The van der Waals surface area contributed by atoms with Gasteiger partial charge in [0.25, 0.3) is 10.0 Å². The van der Waals surface area contributed by atoms with Crippen molar-refractivity contribution in [1.82, 2.24) is 5.32 Å². The zero-order valence-electron chi connectivity index (χ0n) is 13.7. The van der Waals surface area contributed by atoms with Crippen molar-refractivity contribution < 1.29 is 13.2 Å². The van der Waals surface area contributed by atoms with E-state index in [1.807, 2.05) is 6.92 Å². The highest BCUT2D eigenvalue weighted by Crippen LogP contribution is 2.25. The topological polar surface area (TPSA) is 75.3 Å². The molecule has 2 aromatic rings. The molecule has 1 fully saturated rings. The van der Waals surface area contributed by atoms with Gasteiger partial charge in [-0.3, -0.25) is 9.52 Å². The van der Waals surface area contributed by atoms with Crippen LogP contribution < -0.4 is 10.0 Å². The summed E-state index contributed by atoms with van der Waals surface area (Å²) >= 11 is 5.96. The van der Waals surface area contributed by atoms with Crippen molar-refractivity contribution in [1.29, 1.82) is 0 Å². The maximum absolute atomic E-state index is 12.4. The van der Waals surface area contributed by atoms with Crippen LogP contribution in [0.2, 0.25) is 5.02 Å². The lowest BCUT2D eigenvalue weighted by atomic mass is 10.00. The molecule has 3 rings (SSSR count). The molecule has 1 aliphatic carbocycles. The van der Waals surface area contributed by atoms with E-state index < -0.39 is 10.0 Å². The molecule has 1 saturated carbocycles.